The van der Waals surface area contributed by atoms with Gasteiger partial charge in [-0.3, -0.25) is 4.79 Å². The number of carboxylic acids is 1. The van der Waals surface area contributed by atoms with Gasteiger partial charge in [-0.2, -0.15) is 0 Å². The number of thiocarbonyl (C=S) groups is 1. The molecule has 2 N–H and O–H groups in total. The molecule has 1 heterocycles. The van der Waals surface area contributed by atoms with Crippen molar-refractivity contribution in [1.29, 1.82) is 0 Å². The van der Waals surface area contributed by atoms with Crippen molar-refractivity contribution in [3.63, 3.8) is 0 Å². The van der Waals surface area contributed by atoms with E-state index in [4.69, 9.17) is 38.4 Å². The van der Waals surface area contributed by atoms with Crippen LogP contribution in [-0.4, -0.2) is 35.4 Å². The van der Waals surface area contributed by atoms with Gasteiger partial charge in [-0.25, -0.2) is 0 Å². The molecule has 0 saturated carbocycles. The van der Waals surface area contributed by atoms with Crippen LogP contribution in [0.5, 0.6) is 5.75 Å². The lowest BCUT2D eigenvalue weighted by Crippen LogP contribution is -2.21. The number of hydrogen-bond donors (Lipinski definition) is 2. The zero-order valence-electron chi connectivity index (χ0n) is 17.9. The van der Waals surface area contributed by atoms with E-state index in [0.29, 0.717) is 34.0 Å². The Bertz CT molecular complexity index is 934. The molecule has 166 valence electrons. The van der Waals surface area contributed by atoms with Gasteiger partial charge < -0.3 is 19.9 Å². The Balaban J connectivity index is 1.66. The third-order valence-electron chi connectivity index (χ3n) is 5.35. The normalized spacial score (nSPS) is 16.0. The van der Waals surface area contributed by atoms with E-state index < -0.39 is 5.97 Å². The summed E-state index contributed by atoms with van der Waals surface area (Å²) in [5, 5.41) is 12.7. The summed E-state index contributed by atoms with van der Waals surface area (Å²) in [6.45, 7) is 5.47. The Hall–Kier alpha value is -2.15. The van der Waals surface area contributed by atoms with Gasteiger partial charge in [0.15, 0.2) is 0 Å². The van der Waals surface area contributed by atoms with E-state index >= 15 is 0 Å². The molecule has 1 fully saturated rings. The van der Waals surface area contributed by atoms with Crippen molar-refractivity contribution < 1.29 is 19.4 Å². The van der Waals surface area contributed by atoms with Crippen LogP contribution in [0, 0.1) is 13.8 Å². The molecule has 0 bridgehead atoms. The third-order valence-corrected chi connectivity index (χ3v) is 5.99. The van der Waals surface area contributed by atoms with Crippen LogP contribution < -0.4 is 10.1 Å². The molecule has 1 aliphatic rings. The smallest absolute Gasteiger partial charge is 0.307 e. The van der Waals surface area contributed by atoms with Gasteiger partial charge in [0.25, 0.3) is 0 Å². The quantitative estimate of drug-likeness (QED) is 0.491. The molecule has 0 radical (unpaired) electrons. The Morgan fingerprint density at radius 2 is 2.00 bits per heavy atom. The third kappa shape index (κ3) is 6.66. The number of rotatable bonds is 8. The highest BCUT2D eigenvalue weighted by atomic mass is 35.5. The molecule has 1 atom stereocenters. The second kappa shape index (κ2) is 10.9. The first-order valence-electron chi connectivity index (χ1n) is 10.5. The van der Waals surface area contributed by atoms with Crippen molar-refractivity contribution in [3.05, 3.63) is 57.6 Å². The van der Waals surface area contributed by atoms with Gasteiger partial charge in [0.05, 0.1) is 29.8 Å². The molecular formula is C24H28ClNO4S. The SMILES string of the molecule is Cc1cc(OCC[C@H]2CCCCO2)cc(C)c1C(=S)Nc1cc(CC(=O)O)ccc1Cl. The maximum Gasteiger partial charge on any atom is 0.307 e. The maximum atomic E-state index is 11.0. The second-order valence-electron chi connectivity index (χ2n) is 7.90. The van der Waals surface area contributed by atoms with Gasteiger partial charge in [-0.1, -0.05) is 29.9 Å². The monoisotopic (exact) mass is 461 g/mol. The number of carbonyl (C=O) groups is 1. The lowest BCUT2D eigenvalue weighted by molar-refractivity contribution is -0.136. The van der Waals surface area contributed by atoms with E-state index in [9.17, 15) is 4.79 Å². The minimum absolute atomic E-state index is 0.0748. The summed E-state index contributed by atoms with van der Waals surface area (Å²) in [6, 6.07) is 9.07. The minimum Gasteiger partial charge on any atom is -0.493 e. The van der Waals surface area contributed by atoms with Gasteiger partial charge in [0.2, 0.25) is 0 Å². The fourth-order valence-electron chi connectivity index (χ4n) is 3.85. The molecule has 7 heteroatoms. The number of hydrogen-bond acceptors (Lipinski definition) is 4. The van der Waals surface area contributed by atoms with Crippen molar-refractivity contribution in [2.75, 3.05) is 18.5 Å². The van der Waals surface area contributed by atoms with Crippen LogP contribution in [0.2, 0.25) is 5.02 Å². The lowest BCUT2D eigenvalue weighted by atomic mass is 10.0. The number of benzene rings is 2. The molecule has 1 saturated heterocycles. The van der Waals surface area contributed by atoms with Crippen LogP contribution in [0.1, 0.15) is 47.9 Å². The molecule has 2 aromatic carbocycles. The number of carboxylic acid groups (broad SMARTS) is 1. The van der Waals surface area contributed by atoms with Crippen molar-refractivity contribution in [2.45, 2.75) is 52.1 Å². The molecule has 0 aromatic heterocycles. The molecule has 31 heavy (non-hydrogen) atoms. The Kier molecular flexibility index (Phi) is 8.29. The van der Waals surface area contributed by atoms with Crippen LogP contribution in [0.25, 0.3) is 0 Å². The Morgan fingerprint density at radius 3 is 2.65 bits per heavy atom. The van der Waals surface area contributed by atoms with Crippen LogP contribution >= 0.6 is 23.8 Å². The number of anilines is 1. The molecule has 0 unspecified atom stereocenters. The molecule has 0 amide bonds. The van der Waals surface area contributed by atoms with E-state index in [2.05, 4.69) is 5.32 Å². The van der Waals surface area contributed by atoms with Gasteiger partial charge >= 0.3 is 5.97 Å². The Labute approximate surface area is 193 Å². The maximum absolute atomic E-state index is 11.0. The number of halogens is 1. The van der Waals surface area contributed by atoms with Gasteiger partial charge in [-0.05, 0) is 74.1 Å². The van der Waals surface area contributed by atoms with Gasteiger partial charge in [0, 0.05) is 18.6 Å². The molecule has 0 aliphatic carbocycles. The van der Waals surface area contributed by atoms with Crippen molar-refractivity contribution >= 4 is 40.5 Å². The summed E-state index contributed by atoms with van der Waals surface area (Å²) in [4.78, 5) is 11.5. The zero-order chi connectivity index (χ0) is 22.4. The molecule has 0 spiro atoms. The van der Waals surface area contributed by atoms with Gasteiger partial charge in [-0.15, -0.1) is 0 Å². The highest BCUT2D eigenvalue weighted by molar-refractivity contribution is 7.81. The average Bonchev–Trinajstić information content (AvgIpc) is 2.70. The van der Waals surface area contributed by atoms with E-state index in [1.54, 1.807) is 18.2 Å². The van der Waals surface area contributed by atoms with E-state index in [1.807, 2.05) is 26.0 Å². The first-order valence-corrected chi connectivity index (χ1v) is 11.3. The number of ether oxygens (including phenoxy) is 2. The second-order valence-corrected chi connectivity index (χ2v) is 8.71. The van der Waals surface area contributed by atoms with Crippen molar-refractivity contribution in [3.8, 4) is 5.75 Å². The highest BCUT2D eigenvalue weighted by Gasteiger charge is 2.16. The largest absolute Gasteiger partial charge is 0.493 e. The molecule has 2 aromatic rings. The van der Waals surface area contributed by atoms with E-state index in [1.165, 1.54) is 6.42 Å². The highest BCUT2D eigenvalue weighted by Crippen LogP contribution is 2.27. The van der Waals surface area contributed by atoms with Crippen LogP contribution in [0.15, 0.2) is 30.3 Å². The predicted molar refractivity (Wildman–Crippen MR) is 128 cm³/mol. The molecule has 5 nitrogen and oxygen atoms in total. The van der Waals surface area contributed by atoms with Crippen molar-refractivity contribution in [1.82, 2.24) is 0 Å². The van der Waals surface area contributed by atoms with Crippen LogP contribution in [0.4, 0.5) is 5.69 Å². The fraction of sp³-hybridized carbons (Fsp3) is 0.417. The number of nitrogens with one attached hydrogen (secondary N) is 1. The van der Waals surface area contributed by atoms with Crippen LogP contribution in [-0.2, 0) is 16.0 Å². The first-order chi connectivity index (χ1) is 14.8. The number of aryl methyl sites for hydroxylation is 2. The van der Waals surface area contributed by atoms with Crippen molar-refractivity contribution in [2.24, 2.45) is 0 Å². The fourth-order valence-corrected chi connectivity index (χ4v) is 4.44. The van der Waals surface area contributed by atoms with E-state index in [0.717, 1.165) is 48.3 Å². The molecule has 3 rings (SSSR count). The summed E-state index contributed by atoms with van der Waals surface area (Å²) in [6.07, 6.45) is 4.61. The van der Waals surface area contributed by atoms with E-state index in [-0.39, 0.29) is 6.42 Å². The molecular weight excluding hydrogens is 434 g/mol. The molecule has 1 aliphatic heterocycles. The minimum atomic E-state index is -0.895. The summed E-state index contributed by atoms with van der Waals surface area (Å²) >= 11 is 11.9. The Morgan fingerprint density at radius 1 is 1.26 bits per heavy atom. The topological polar surface area (TPSA) is 67.8 Å². The standard InChI is InChI=1S/C24H28ClNO4S/c1-15-11-19(30-10-8-18-5-3-4-9-29-18)12-16(2)23(15)24(31)26-21-13-17(14-22(27)28)6-7-20(21)25/h6-7,11-13,18H,3-5,8-10,14H2,1-2H3,(H,26,31)(H,27,28)/t18-/m1/s1. The predicted octanol–water partition coefficient (Wildman–Crippen LogP) is 5.71. The van der Waals surface area contributed by atoms with Crippen LogP contribution in [0.3, 0.4) is 0 Å². The van der Waals surface area contributed by atoms with Gasteiger partial charge in [0.1, 0.15) is 10.7 Å². The first kappa shape index (κ1) is 23.5. The average molecular weight is 462 g/mol. The number of aliphatic carboxylic acids is 1. The lowest BCUT2D eigenvalue weighted by Gasteiger charge is -2.22. The zero-order valence-corrected chi connectivity index (χ0v) is 19.4. The summed E-state index contributed by atoms with van der Waals surface area (Å²) < 4.78 is 11.7. The summed E-state index contributed by atoms with van der Waals surface area (Å²) in [5.41, 5.74) is 4.16. The summed E-state index contributed by atoms with van der Waals surface area (Å²) in [5.74, 6) is -0.0768. The summed E-state index contributed by atoms with van der Waals surface area (Å²) in [7, 11) is 0.